The zero-order chi connectivity index (χ0) is 12.3. The first-order chi connectivity index (χ1) is 8.19. The van der Waals surface area contributed by atoms with Crippen LogP contribution in [0.5, 0.6) is 5.75 Å². The molecule has 0 saturated heterocycles. The van der Waals surface area contributed by atoms with Crippen LogP contribution < -0.4 is 15.8 Å². The van der Waals surface area contributed by atoms with Crippen molar-refractivity contribution in [1.29, 1.82) is 0 Å². The van der Waals surface area contributed by atoms with Crippen molar-refractivity contribution >= 4 is 5.69 Å². The fourth-order valence-electron chi connectivity index (χ4n) is 2.23. The van der Waals surface area contributed by atoms with E-state index in [9.17, 15) is 4.39 Å². The third-order valence-electron chi connectivity index (χ3n) is 3.66. The summed E-state index contributed by atoms with van der Waals surface area (Å²) in [6, 6.07) is 4.49. The molecule has 3 nitrogen and oxygen atoms in total. The number of hydrogen-bond acceptors (Lipinski definition) is 3. The second kappa shape index (κ2) is 4.92. The van der Waals surface area contributed by atoms with E-state index >= 15 is 0 Å². The lowest BCUT2D eigenvalue weighted by atomic mass is 9.69. The van der Waals surface area contributed by atoms with Gasteiger partial charge >= 0.3 is 0 Å². The van der Waals surface area contributed by atoms with Gasteiger partial charge in [-0.15, -0.1) is 0 Å². The van der Waals surface area contributed by atoms with Crippen molar-refractivity contribution in [2.24, 2.45) is 11.1 Å². The minimum Gasteiger partial charge on any atom is -0.495 e. The highest BCUT2D eigenvalue weighted by Crippen LogP contribution is 2.40. The number of nitrogens with one attached hydrogen (secondary N) is 1. The molecule has 0 atom stereocenters. The molecule has 1 fully saturated rings. The molecule has 0 radical (unpaired) electrons. The molecule has 17 heavy (non-hydrogen) atoms. The van der Waals surface area contributed by atoms with E-state index in [2.05, 4.69) is 5.32 Å². The van der Waals surface area contributed by atoms with Crippen LogP contribution in [0, 0.1) is 11.2 Å². The van der Waals surface area contributed by atoms with Gasteiger partial charge in [0.05, 0.1) is 12.8 Å². The van der Waals surface area contributed by atoms with Gasteiger partial charge in [0.25, 0.3) is 0 Å². The fourth-order valence-corrected chi connectivity index (χ4v) is 2.23. The smallest absolute Gasteiger partial charge is 0.142 e. The summed E-state index contributed by atoms with van der Waals surface area (Å²) in [5.41, 5.74) is 6.68. The molecule has 0 heterocycles. The van der Waals surface area contributed by atoms with Crippen molar-refractivity contribution in [3.63, 3.8) is 0 Å². The third-order valence-corrected chi connectivity index (χ3v) is 3.66. The summed E-state index contributed by atoms with van der Waals surface area (Å²) in [6.45, 7) is 1.46. The average molecular weight is 238 g/mol. The lowest BCUT2D eigenvalue weighted by Crippen LogP contribution is -2.43. The van der Waals surface area contributed by atoms with Gasteiger partial charge in [0.15, 0.2) is 0 Å². The predicted octanol–water partition coefficient (Wildman–Crippen LogP) is 2.38. The normalized spacial score (nSPS) is 17.4. The average Bonchev–Trinajstić information content (AvgIpc) is 2.28. The van der Waals surface area contributed by atoms with Crippen LogP contribution >= 0.6 is 0 Å². The van der Waals surface area contributed by atoms with Gasteiger partial charge in [-0.2, -0.15) is 0 Å². The summed E-state index contributed by atoms with van der Waals surface area (Å²) in [6.07, 6.45) is 3.53. The van der Waals surface area contributed by atoms with Gasteiger partial charge < -0.3 is 15.8 Å². The molecular formula is C13H19FN2O. The van der Waals surface area contributed by atoms with Crippen LogP contribution in [0.1, 0.15) is 19.3 Å². The Bertz CT molecular complexity index is 385. The lowest BCUT2D eigenvalue weighted by molar-refractivity contribution is 0.163. The molecule has 1 aromatic rings. The van der Waals surface area contributed by atoms with Crippen LogP contribution in [0.25, 0.3) is 0 Å². The number of hydrogen-bond donors (Lipinski definition) is 2. The minimum absolute atomic E-state index is 0.192. The zero-order valence-corrected chi connectivity index (χ0v) is 10.1. The maximum absolute atomic E-state index is 13.2. The summed E-state index contributed by atoms with van der Waals surface area (Å²) in [5, 5.41) is 3.25. The molecule has 1 aliphatic rings. The highest BCUT2D eigenvalue weighted by molar-refractivity contribution is 5.56. The molecule has 0 spiro atoms. The SMILES string of the molecule is COc1ccc(F)cc1NCC1(CN)CCC1. The Morgan fingerprint density at radius 1 is 1.47 bits per heavy atom. The van der Waals surface area contributed by atoms with Crippen LogP contribution in [0.4, 0.5) is 10.1 Å². The van der Waals surface area contributed by atoms with Crippen molar-refractivity contribution in [2.75, 3.05) is 25.5 Å². The highest BCUT2D eigenvalue weighted by atomic mass is 19.1. The van der Waals surface area contributed by atoms with Crippen LogP contribution in [-0.4, -0.2) is 20.2 Å². The Hall–Kier alpha value is -1.29. The van der Waals surface area contributed by atoms with E-state index in [0.29, 0.717) is 18.0 Å². The van der Waals surface area contributed by atoms with Crippen LogP contribution in [-0.2, 0) is 0 Å². The number of halogens is 1. The van der Waals surface area contributed by atoms with Crippen molar-refractivity contribution in [1.82, 2.24) is 0 Å². The molecule has 0 amide bonds. The van der Waals surface area contributed by atoms with Gasteiger partial charge in [0.2, 0.25) is 0 Å². The van der Waals surface area contributed by atoms with Crippen LogP contribution in [0.15, 0.2) is 18.2 Å². The number of ether oxygens (including phenoxy) is 1. The first kappa shape index (κ1) is 12.2. The number of benzene rings is 1. The molecule has 0 bridgehead atoms. The van der Waals surface area contributed by atoms with Gasteiger partial charge in [-0.1, -0.05) is 6.42 Å². The van der Waals surface area contributed by atoms with Crippen LogP contribution in [0.3, 0.4) is 0 Å². The fraction of sp³-hybridized carbons (Fsp3) is 0.538. The molecule has 0 aromatic heterocycles. The summed E-state index contributed by atoms with van der Waals surface area (Å²) < 4.78 is 18.4. The van der Waals surface area contributed by atoms with E-state index < -0.39 is 0 Å². The number of methoxy groups -OCH3 is 1. The summed E-state index contributed by atoms with van der Waals surface area (Å²) in [4.78, 5) is 0. The Morgan fingerprint density at radius 2 is 2.24 bits per heavy atom. The standard InChI is InChI=1S/C13H19FN2O/c1-17-12-4-3-10(14)7-11(12)16-9-13(8-15)5-2-6-13/h3-4,7,16H,2,5-6,8-9,15H2,1H3. The molecule has 0 aliphatic heterocycles. The Labute approximate surface area is 101 Å². The van der Waals surface area contributed by atoms with Crippen molar-refractivity contribution in [2.45, 2.75) is 19.3 Å². The van der Waals surface area contributed by atoms with E-state index in [1.54, 1.807) is 13.2 Å². The van der Waals surface area contributed by atoms with Gasteiger partial charge in [0, 0.05) is 12.6 Å². The number of rotatable bonds is 5. The molecule has 3 N–H and O–H groups in total. The molecular weight excluding hydrogens is 219 g/mol. The van der Waals surface area contributed by atoms with E-state index in [-0.39, 0.29) is 11.2 Å². The maximum Gasteiger partial charge on any atom is 0.142 e. The monoisotopic (exact) mass is 238 g/mol. The van der Waals surface area contributed by atoms with E-state index in [1.165, 1.54) is 18.6 Å². The Morgan fingerprint density at radius 3 is 2.76 bits per heavy atom. The largest absolute Gasteiger partial charge is 0.495 e. The van der Waals surface area contributed by atoms with E-state index in [1.807, 2.05) is 0 Å². The molecule has 1 aliphatic carbocycles. The first-order valence-corrected chi connectivity index (χ1v) is 5.97. The second-order valence-corrected chi connectivity index (χ2v) is 4.76. The molecule has 94 valence electrons. The van der Waals surface area contributed by atoms with Crippen molar-refractivity contribution < 1.29 is 9.13 Å². The molecule has 0 unspecified atom stereocenters. The summed E-state index contributed by atoms with van der Waals surface area (Å²) in [7, 11) is 1.58. The number of nitrogens with two attached hydrogens (primary N) is 1. The highest BCUT2D eigenvalue weighted by Gasteiger charge is 2.35. The molecule has 2 rings (SSSR count). The quantitative estimate of drug-likeness (QED) is 0.828. The summed E-state index contributed by atoms with van der Waals surface area (Å²) in [5.74, 6) is 0.404. The Balaban J connectivity index is 2.05. The zero-order valence-electron chi connectivity index (χ0n) is 10.1. The van der Waals surface area contributed by atoms with Gasteiger partial charge in [-0.05, 0) is 36.9 Å². The number of anilines is 1. The Kier molecular flexibility index (Phi) is 3.52. The first-order valence-electron chi connectivity index (χ1n) is 5.97. The maximum atomic E-state index is 13.2. The van der Waals surface area contributed by atoms with E-state index in [0.717, 1.165) is 19.4 Å². The molecule has 1 saturated carbocycles. The molecule has 1 aromatic carbocycles. The van der Waals surface area contributed by atoms with Crippen LogP contribution in [0.2, 0.25) is 0 Å². The van der Waals surface area contributed by atoms with Crippen molar-refractivity contribution in [3.05, 3.63) is 24.0 Å². The van der Waals surface area contributed by atoms with Gasteiger partial charge in [-0.3, -0.25) is 0 Å². The van der Waals surface area contributed by atoms with Gasteiger partial charge in [0.1, 0.15) is 11.6 Å². The second-order valence-electron chi connectivity index (χ2n) is 4.76. The predicted molar refractivity (Wildman–Crippen MR) is 66.8 cm³/mol. The topological polar surface area (TPSA) is 47.3 Å². The van der Waals surface area contributed by atoms with Gasteiger partial charge in [-0.25, -0.2) is 4.39 Å². The molecule has 4 heteroatoms. The minimum atomic E-state index is -0.260. The van der Waals surface area contributed by atoms with Crippen molar-refractivity contribution in [3.8, 4) is 5.75 Å². The third kappa shape index (κ3) is 2.52. The summed E-state index contributed by atoms with van der Waals surface area (Å²) >= 11 is 0. The van der Waals surface area contributed by atoms with E-state index in [4.69, 9.17) is 10.5 Å². The lowest BCUT2D eigenvalue weighted by Gasteiger charge is -2.41.